The van der Waals surface area contributed by atoms with Gasteiger partial charge in [0, 0.05) is 34.1 Å². The first kappa shape index (κ1) is 16.0. The number of rotatable bonds is 4. The van der Waals surface area contributed by atoms with Crippen LogP contribution in [0.4, 0.5) is 5.82 Å². The molecule has 0 radical (unpaired) electrons. The van der Waals surface area contributed by atoms with Crippen LogP contribution in [0.25, 0.3) is 0 Å². The van der Waals surface area contributed by atoms with E-state index in [0.717, 1.165) is 35.6 Å². The number of thioether (sulfide) groups is 2. The van der Waals surface area contributed by atoms with Gasteiger partial charge in [-0.2, -0.15) is 11.8 Å². The van der Waals surface area contributed by atoms with Gasteiger partial charge in [0.25, 0.3) is 0 Å². The quantitative estimate of drug-likeness (QED) is 0.907. The molecule has 20 heavy (non-hydrogen) atoms. The smallest absolute Gasteiger partial charge is 0.144 e. The second kappa shape index (κ2) is 7.03. The van der Waals surface area contributed by atoms with E-state index in [4.69, 9.17) is 9.97 Å². The Balaban J connectivity index is 2.29. The molecule has 3 unspecified atom stereocenters. The molecule has 0 bridgehead atoms. The summed E-state index contributed by atoms with van der Waals surface area (Å²) < 4.78 is 0. The van der Waals surface area contributed by atoms with Gasteiger partial charge in [-0.15, -0.1) is 11.8 Å². The number of anilines is 1. The Morgan fingerprint density at radius 1 is 1.20 bits per heavy atom. The fourth-order valence-electron chi connectivity index (χ4n) is 2.33. The average molecular weight is 312 g/mol. The maximum atomic E-state index is 4.83. The predicted octanol–water partition coefficient (Wildman–Crippen LogP) is 4.08. The number of hydrogen-bond donors (Lipinski definition) is 1. The molecule has 2 rings (SSSR count). The lowest BCUT2D eigenvalue weighted by atomic mass is 10.2. The topological polar surface area (TPSA) is 37.8 Å². The molecule has 1 aliphatic rings. The average Bonchev–Trinajstić information content (AvgIpc) is 2.44. The summed E-state index contributed by atoms with van der Waals surface area (Å²) in [6, 6.07) is 0. The van der Waals surface area contributed by atoms with Crippen LogP contribution in [-0.2, 0) is 6.42 Å². The van der Waals surface area contributed by atoms with Gasteiger partial charge in [-0.1, -0.05) is 20.8 Å². The third-order valence-corrected chi connectivity index (χ3v) is 7.17. The summed E-state index contributed by atoms with van der Waals surface area (Å²) in [5.41, 5.74) is 2.39. The lowest BCUT2D eigenvalue weighted by Gasteiger charge is -2.30. The van der Waals surface area contributed by atoms with E-state index in [9.17, 15) is 0 Å². The van der Waals surface area contributed by atoms with E-state index in [2.05, 4.69) is 39.9 Å². The zero-order valence-corrected chi connectivity index (χ0v) is 14.7. The van der Waals surface area contributed by atoms with Crippen molar-refractivity contribution in [3.05, 3.63) is 17.1 Å². The summed E-state index contributed by atoms with van der Waals surface area (Å²) >= 11 is 4.07. The van der Waals surface area contributed by atoms with Crippen LogP contribution in [0.3, 0.4) is 0 Å². The number of hydrogen-bond acceptors (Lipinski definition) is 5. The summed E-state index contributed by atoms with van der Waals surface area (Å²) in [6.07, 6.45) is 0.968. The summed E-state index contributed by atoms with van der Waals surface area (Å²) in [4.78, 5) is 9.63. The second-order valence-electron chi connectivity index (χ2n) is 5.25. The normalized spacial score (nSPS) is 26.6. The monoisotopic (exact) mass is 311 g/mol. The van der Waals surface area contributed by atoms with Crippen molar-refractivity contribution in [3.8, 4) is 0 Å². The third-order valence-electron chi connectivity index (χ3n) is 3.78. The fourth-order valence-corrected chi connectivity index (χ4v) is 5.17. The Hall–Kier alpha value is -0.420. The standard InChI is InChI=1S/C15H25N3S2/c1-6-12-9(3)14(16-7-2)18-15(17-12)13-8-19-10(4)11(5)20-13/h10-11,13H,6-8H2,1-5H3,(H,16,17,18). The van der Waals surface area contributed by atoms with Gasteiger partial charge in [-0.05, 0) is 20.3 Å². The van der Waals surface area contributed by atoms with Gasteiger partial charge in [0.2, 0.25) is 0 Å². The van der Waals surface area contributed by atoms with Gasteiger partial charge in [0.1, 0.15) is 11.6 Å². The first-order valence-corrected chi connectivity index (χ1v) is 9.44. The van der Waals surface area contributed by atoms with Gasteiger partial charge in [-0.25, -0.2) is 9.97 Å². The van der Waals surface area contributed by atoms with Crippen molar-refractivity contribution in [2.24, 2.45) is 0 Å². The molecule has 0 amide bonds. The molecule has 0 saturated carbocycles. The van der Waals surface area contributed by atoms with E-state index >= 15 is 0 Å². The molecule has 5 heteroatoms. The Bertz CT molecular complexity index is 465. The maximum Gasteiger partial charge on any atom is 0.144 e. The Kier molecular flexibility index (Phi) is 5.61. The molecule has 0 spiro atoms. The SMILES string of the molecule is CCNc1nc(C2CSC(C)C(C)S2)nc(CC)c1C. The molecule has 0 aromatic carbocycles. The molecule has 1 aromatic heterocycles. The molecule has 1 fully saturated rings. The minimum atomic E-state index is 0.425. The van der Waals surface area contributed by atoms with Crippen molar-refractivity contribution in [3.63, 3.8) is 0 Å². The van der Waals surface area contributed by atoms with Crippen LogP contribution >= 0.6 is 23.5 Å². The zero-order valence-electron chi connectivity index (χ0n) is 13.1. The molecule has 1 aromatic rings. The molecular weight excluding hydrogens is 286 g/mol. The highest BCUT2D eigenvalue weighted by atomic mass is 32.2. The van der Waals surface area contributed by atoms with Crippen molar-refractivity contribution in [1.29, 1.82) is 0 Å². The van der Waals surface area contributed by atoms with E-state index in [0.29, 0.717) is 10.5 Å². The largest absolute Gasteiger partial charge is 0.370 e. The van der Waals surface area contributed by atoms with E-state index in [1.54, 1.807) is 0 Å². The number of nitrogens with one attached hydrogen (secondary N) is 1. The van der Waals surface area contributed by atoms with Crippen molar-refractivity contribution >= 4 is 29.3 Å². The summed E-state index contributed by atoms with van der Waals surface area (Å²) in [6.45, 7) is 11.9. The molecule has 1 saturated heterocycles. The van der Waals surface area contributed by atoms with Crippen molar-refractivity contribution < 1.29 is 0 Å². The number of nitrogens with zero attached hydrogens (tertiary/aromatic N) is 2. The van der Waals surface area contributed by atoms with Crippen molar-refractivity contribution in [1.82, 2.24) is 9.97 Å². The van der Waals surface area contributed by atoms with E-state index in [1.165, 1.54) is 11.3 Å². The van der Waals surface area contributed by atoms with Crippen LogP contribution in [0.15, 0.2) is 0 Å². The molecule has 112 valence electrons. The summed E-state index contributed by atoms with van der Waals surface area (Å²) in [5.74, 6) is 3.15. The van der Waals surface area contributed by atoms with Crippen LogP contribution in [0.1, 0.15) is 50.0 Å². The second-order valence-corrected chi connectivity index (χ2v) is 8.25. The molecule has 0 aliphatic carbocycles. The van der Waals surface area contributed by atoms with Gasteiger partial charge in [-0.3, -0.25) is 0 Å². The van der Waals surface area contributed by atoms with Crippen molar-refractivity contribution in [2.45, 2.75) is 56.8 Å². The van der Waals surface area contributed by atoms with Gasteiger partial charge in [0.05, 0.1) is 5.25 Å². The van der Waals surface area contributed by atoms with Gasteiger partial charge >= 0.3 is 0 Å². The lowest BCUT2D eigenvalue weighted by Crippen LogP contribution is -2.23. The van der Waals surface area contributed by atoms with Crippen LogP contribution < -0.4 is 5.32 Å². The first-order valence-electron chi connectivity index (χ1n) is 7.45. The Morgan fingerprint density at radius 3 is 2.55 bits per heavy atom. The molecule has 1 N–H and O–H groups in total. The van der Waals surface area contributed by atoms with E-state index < -0.39 is 0 Å². The third kappa shape index (κ3) is 3.42. The molecular formula is C15H25N3S2. The highest BCUT2D eigenvalue weighted by molar-refractivity contribution is 8.07. The maximum absolute atomic E-state index is 4.83. The minimum absolute atomic E-state index is 0.425. The molecule has 3 atom stereocenters. The van der Waals surface area contributed by atoms with Gasteiger partial charge < -0.3 is 5.32 Å². The van der Waals surface area contributed by atoms with Crippen LogP contribution in [0.5, 0.6) is 0 Å². The van der Waals surface area contributed by atoms with Crippen molar-refractivity contribution in [2.75, 3.05) is 17.6 Å². The molecule has 3 nitrogen and oxygen atoms in total. The minimum Gasteiger partial charge on any atom is -0.370 e. The predicted molar refractivity (Wildman–Crippen MR) is 92.0 cm³/mol. The zero-order chi connectivity index (χ0) is 14.7. The summed E-state index contributed by atoms with van der Waals surface area (Å²) in [7, 11) is 0. The fraction of sp³-hybridized carbons (Fsp3) is 0.733. The first-order chi connectivity index (χ1) is 9.56. The molecule has 2 heterocycles. The van der Waals surface area contributed by atoms with Crippen LogP contribution in [0.2, 0.25) is 0 Å². The highest BCUT2D eigenvalue weighted by Gasteiger charge is 2.29. The van der Waals surface area contributed by atoms with E-state index in [1.807, 2.05) is 23.5 Å². The van der Waals surface area contributed by atoms with E-state index in [-0.39, 0.29) is 0 Å². The van der Waals surface area contributed by atoms with Crippen LogP contribution in [0, 0.1) is 6.92 Å². The lowest BCUT2D eigenvalue weighted by molar-refractivity contribution is 0.834. The number of aryl methyl sites for hydroxylation is 1. The number of aromatic nitrogens is 2. The Morgan fingerprint density at radius 2 is 1.95 bits per heavy atom. The van der Waals surface area contributed by atoms with Crippen LogP contribution in [-0.4, -0.2) is 32.8 Å². The van der Waals surface area contributed by atoms with Gasteiger partial charge in [0.15, 0.2) is 0 Å². The highest BCUT2D eigenvalue weighted by Crippen LogP contribution is 2.43. The Labute approximate surface area is 131 Å². The molecule has 1 aliphatic heterocycles. The summed E-state index contributed by atoms with van der Waals surface area (Å²) in [5, 5.41) is 5.19.